The average Bonchev–Trinajstić information content (AvgIpc) is 2.55. The van der Waals surface area contributed by atoms with Crippen LogP contribution in [0.4, 0.5) is 0 Å². The van der Waals surface area contributed by atoms with Crippen LogP contribution >= 0.6 is 0 Å². The second-order valence-corrected chi connectivity index (χ2v) is 6.26. The van der Waals surface area contributed by atoms with E-state index in [1.54, 1.807) is 7.11 Å². The number of hydrogen-bond acceptors (Lipinski definition) is 5. The van der Waals surface area contributed by atoms with E-state index in [0.717, 1.165) is 44.0 Å². The van der Waals surface area contributed by atoms with Gasteiger partial charge in [0.2, 0.25) is 0 Å². The minimum atomic E-state index is -0.704. The lowest BCUT2D eigenvalue weighted by Crippen LogP contribution is -2.61. The highest BCUT2D eigenvalue weighted by molar-refractivity contribution is 5.75. The van der Waals surface area contributed by atoms with Crippen molar-refractivity contribution in [1.82, 2.24) is 4.90 Å². The monoisotopic (exact) mass is 318 g/mol. The fraction of sp³-hybridized carbons (Fsp3) is 0.647. The smallest absolute Gasteiger partial charge is 0.119 e. The molecule has 125 valence electrons. The standard InChI is InChI=1S/C17H25NO4.B/c1-20-10-11-21-15-2-4-16(5-3-15)22-13-17(19)12-18-8-6-14(17)7-9-18;/h2-5,14,19H,6-13H2,1H3;. The summed E-state index contributed by atoms with van der Waals surface area (Å²) in [6.07, 6.45) is 2.15. The van der Waals surface area contributed by atoms with Gasteiger partial charge in [0.05, 0.1) is 6.61 Å². The third-order valence-corrected chi connectivity index (χ3v) is 4.71. The Kier molecular flexibility index (Phi) is 6.33. The van der Waals surface area contributed by atoms with E-state index in [-0.39, 0.29) is 8.41 Å². The topological polar surface area (TPSA) is 51.2 Å². The molecule has 3 heterocycles. The molecule has 1 N–H and O–H groups in total. The molecule has 3 aliphatic rings. The van der Waals surface area contributed by atoms with E-state index in [9.17, 15) is 5.11 Å². The van der Waals surface area contributed by atoms with E-state index in [1.807, 2.05) is 24.3 Å². The molecule has 23 heavy (non-hydrogen) atoms. The summed E-state index contributed by atoms with van der Waals surface area (Å²) in [6, 6.07) is 7.52. The van der Waals surface area contributed by atoms with Crippen LogP contribution in [0.5, 0.6) is 11.5 Å². The molecule has 1 aromatic carbocycles. The molecule has 3 fully saturated rings. The second kappa shape index (κ2) is 8.04. The molecule has 0 spiro atoms. The number of benzene rings is 1. The molecule has 0 amide bonds. The summed E-state index contributed by atoms with van der Waals surface area (Å²) in [7, 11) is 1.65. The molecule has 1 atom stereocenters. The summed E-state index contributed by atoms with van der Waals surface area (Å²) in [6.45, 7) is 4.42. The molecule has 3 radical (unpaired) electrons. The molecular formula is C17H25BNO4. The van der Waals surface area contributed by atoms with Gasteiger partial charge in [-0.15, -0.1) is 0 Å². The van der Waals surface area contributed by atoms with Gasteiger partial charge >= 0.3 is 0 Å². The first-order valence-corrected chi connectivity index (χ1v) is 7.99. The number of fused-ring (bicyclic) bond motifs is 3. The van der Waals surface area contributed by atoms with Crippen molar-refractivity contribution in [3.05, 3.63) is 24.3 Å². The molecule has 6 heteroatoms. The first-order valence-electron chi connectivity index (χ1n) is 7.99. The number of nitrogens with zero attached hydrogens (tertiary/aromatic N) is 1. The van der Waals surface area contributed by atoms with Crippen LogP contribution in [0.1, 0.15) is 12.8 Å². The van der Waals surface area contributed by atoms with Gasteiger partial charge in [-0.3, -0.25) is 0 Å². The highest BCUT2D eigenvalue weighted by atomic mass is 16.5. The van der Waals surface area contributed by atoms with Crippen molar-refractivity contribution in [2.45, 2.75) is 18.4 Å². The van der Waals surface area contributed by atoms with E-state index in [1.165, 1.54) is 0 Å². The van der Waals surface area contributed by atoms with Gasteiger partial charge < -0.3 is 24.2 Å². The van der Waals surface area contributed by atoms with Gasteiger partial charge in [-0.05, 0) is 56.1 Å². The lowest BCUT2D eigenvalue weighted by Gasteiger charge is -2.49. The van der Waals surface area contributed by atoms with Crippen molar-refractivity contribution in [3.8, 4) is 11.5 Å². The minimum absolute atomic E-state index is 0. The summed E-state index contributed by atoms with van der Waals surface area (Å²) in [5, 5.41) is 10.8. The minimum Gasteiger partial charge on any atom is -0.491 e. The summed E-state index contributed by atoms with van der Waals surface area (Å²) in [5.41, 5.74) is -0.704. The largest absolute Gasteiger partial charge is 0.491 e. The SMILES string of the molecule is COCCOc1ccc(OCC2(O)CN3CCC2CC3)cc1.[B]. The zero-order valence-corrected chi connectivity index (χ0v) is 13.7. The quantitative estimate of drug-likeness (QED) is 0.604. The first kappa shape index (κ1) is 18.1. The van der Waals surface area contributed by atoms with Crippen LogP contribution in [-0.4, -0.2) is 70.6 Å². The number of methoxy groups -OCH3 is 1. The van der Waals surface area contributed by atoms with Gasteiger partial charge in [-0.1, -0.05) is 0 Å². The Morgan fingerprint density at radius 1 is 1.09 bits per heavy atom. The molecule has 1 aromatic rings. The van der Waals surface area contributed by atoms with Crippen molar-refractivity contribution in [1.29, 1.82) is 0 Å². The van der Waals surface area contributed by atoms with Crippen LogP contribution in [0.15, 0.2) is 24.3 Å². The van der Waals surface area contributed by atoms with Crippen molar-refractivity contribution < 1.29 is 19.3 Å². The van der Waals surface area contributed by atoms with Gasteiger partial charge in [0.15, 0.2) is 0 Å². The number of rotatable bonds is 7. The maximum atomic E-state index is 10.8. The summed E-state index contributed by atoms with van der Waals surface area (Å²) in [5.74, 6) is 1.93. The Balaban J connectivity index is 0.00000192. The molecule has 0 aliphatic carbocycles. The maximum Gasteiger partial charge on any atom is 0.119 e. The van der Waals surface area contributed by atoms with Crippen molar-refractivity contribution >= 4 is 8.41 Å². The van der Waals surface area contributed by atoms with Crippen molar-refractivity contribution in [2.75, 3.05) is 46.6 Å². The Morgan fingerprint density at radius 2 is 1.70 bits per heavy atom. The zero-order valence-electron chi connectivity index (χ0n) is 13.7. The predicted octanol–water partition coefficient (Wildman–Crippen LogP) is 1.17. The first-order chi connectivity index (χ1) is 10.7. The fourth-order valence-electron chi connectivity index (χ4n) is 3.39. The molecular weight excluding hydrogens is 293 g/mol. The lowest BCUT2D eigenvalue weighted by atomic mass is 9.76. The predicted molar refractivity (Wildman–Crippen MR) is 89.2 cm³/mol. The Bertz CT molecular complexity index is 476. The van der Waals surface area contributed by atoms with Gasteiger partial charge in [-0.2, -0.15) is 0 Å². The molecule has 5 nitrogen and oxygen atoms in total. The number of piperidine rings is 3. The third kappa shape index (κ3) is 4.40. The average molecular weight is 318 g/mol. The van der Waals surface area contributed by atoms with E-state index < -0.39 is 5.60 Å². The van der Waals surface area contributed by atoms with Crippen molar-refractivity contribution in [3.63, 3.8) is 0 Å². The van der Waals surface area contributed by atoms with Crippen LogP contribution < -0.4 is 9.47 Å². The molecule has 3 aliphatic heterocycles. The summed E-state index contributed by atoms with van der Waals surface area (Å²) < 4.78 is 16.3. The molecule has 3 saturated heterocycles. The molecule has 4 rings (SSSR count). The van der Waals surface area contributed by atoms with Crippen LogP contribution in [0.2, 0.25) is 0 Å². The van der Waals surface area contributed by atoms with Crippen LogP contribution in [0.3, 0.4) is 0 Å². The van der Waals surface area contributed by atoms with E-state index in [0.29, 0.717) is 25.7 Å². The van der Waals surface area contributed by atoms with Gasteiger partial charge in [0, 0.05) is 22.1 Å². The second-order valence-electron chi connectivity index (χ2n) is 6.26. The number of aliphatic hydroxyl groups is 1. The van der Waals surface area contributed by atoms with E-state index >= 15 is 0 Å². The van der Waals surface area contributed by atoms with Gasteiger partial charge in [0.1, 0.15) is 30.3 Å². The fourth-order valence-corrected chi connectivity index (χ4v) is 3.39. The number of hydrogen-bond donors (Lipinski definition) is 1. The summed E-state index contributed by atoms with van der Waals surface area (Å²) >= 11 is 0. The van der Waals surface area contributed by atoms with Crippen LogP contribution in [-0.2, 0) is 4.74 Å². The lowest BCUT2D eigenvalue weighted by molar-refractivity contribution is -0.131. The van der Waals surface area contributed by atoms with Gasteiger partial charge in [-0.25, -0.2) is 0 Å². The normalized spacial score (nSPS) is 29.0. The highest BCUT2D eigenvalue weighted by Crippen LogP contribution is 2.36. The Morgan fingerprint density at radius 3 is 2.22 bits per heavy atom. The molecule has 2 bridgehead atoms. The molecule has 0 saturated carbocycles. The Hall–Kier alpha value is -1.24. The molecule has 0 aromatic heterocycles. The molecule has 1 unspecified atom stereocenters. The Labute approximate surface area is 140 Å². The van der Waals surface area contributed by atoms with Crippen LogP contribution in [0.25, 0.3) is 0 Å². The van der Waals surface area contributed by atoms with E-state index in [2.05, 4.69) is 4.90 Å². The van der Waals surface area contributed by atoms with E-state index in [4.69, 9.17) is 14.2 Å². The highest BCUT2D eigenvalue weighted by Gasteiger charge is 2.45. The maximum absolute atomic E-state index is 10.8. The summed E-state index contributed by atoms with van der Waals surface area (Å²) in [4.78, 5) is 2.33. The number of ether oxygens (including phenoxy) is 3. The van der Waals surface area contributed by atoms with Crippen LogP contribution in [0, 0.1) is 5.92 Å². The van der Waals surface area contributed by atoms with Gasteiger partial charge in [0.25, 0.3) is 0 Å². The van der Waals surface area contributed by atoms with Crippen molar-refractivity contribution in [2.24, 2.45) is 5.92 Å². The zero-order chi connectivity index (χ0) is 15.4. The third-order valence-electron chi connectivity index (χ3n) is 4.71.